The molecule has 1 aromatic rings. The van der Waals surface area contributed by atoms with Gasteiger partial charge in [0.2, 0.25) is 0 Å². The van der Waals surface area contributed by atoms with E-state index in [4.69, 9.17) is 4.74 Å². The van der Waals surface area contributed by atoms with E-state index in [-0.39, 0.29) is 11.8 Å². The lowest BCUT2D eigenvalue weighted by Gasteiger charge is -2.39. The molecule has 0 N–H and O–H groups in total. The second-order valence-electron chi connectivity index (χ2n) is 8.58. The molecule has 2 atom stereocenters. The Hall–Kier alpha value is -1.60. The number of hydrogen-bond donors (Lipinski definition) is 0. The molecule has 150 valence electrons. The summed E-state index contributed by atoms with van der Waals surface area (Å²) in [6.07, 6.45) is 3.60. The fourth-order valence-corrected chi connectivity index (χ4v) is 4.82. The Morgan fingerprint density at radius 1 is 1.22 bits per heavy atom. The lowest BCUT2D eigenvalue weighted by molar-refractivity contribution is -0.154. The maximum atomic E-state index is 13.6. The highest BCUT2D eigenvalue weighted by atomic mass is 32.1. The summed E-state index contributed by atoms with van der Waals surface area (Å²) in [6.45, 7) is 7.31. The van der Waals surface area contributed by atoms with E-state index in [0.29, 0.717) is 6.42 Å². The second kappa shape index (κ2) is 7.43. The van der Waals surface area contributed by atoms with Gasteiger partial charge in [-0.15, -0.1) is 11.3 Å². The molecule has 1 saturated heterocycles. The first-order chi connectivity index (χ1) is 12.7. The maximum absolute atomic E-state index is 13.6. The zero-order chi connectivity index (χ0) is 19.8. The number of carbonyl (C=O) groups excluding carboxylic acids is 2. The molecule has 27 heavy (non-hydrogen) atoms. The number of thiophene rings is 1. The number of ether oxygens (including phenoxy) is 1. The minimum Gasteiger partial charge on any atom is -0.444 e. The minimum atomic E-state index is -0.862. The Labute approximate surface area is 166 Å². The Kier molecular flexibility index (Phi) is 5.54. The molecule has 1 aliphatic heterocycles. The lowest BCUT2D eigenvalue weighted by Crippen LogP contribution is -2.57. The van der Waals surface area contributed by atoms with Gasteiger partial charge in [0.25, 0.3) is 5.91 Å². The van der Waals surface area contributed by atoms with Gasteiger partial charge in [-0.25, -0.2) is 9.80 Å². The molecule has 0 radical (unpaired) electrons. The molecule has 6 nitrogen and oxygen atoms in total. The summed E-state index contributed by atoms with van der Waals surface area (Å²) in [5.41, 5.74) is -1.46. The van der Waals surface area contributed by atoms with E-state index in [2.05, 4.69) is 5.01 Å². The summed E-state index contributed by atoms with van der Waals surface area (Å²) < 4.78 is 5.57. The Morgan fingerprint density at radius 2 is 1.89 bits per heavy atom. The Morgan fingerprint density at radius 3 is 2.44 bits per heavy atom. The molecule has 1 aromatic heterocycles. The van der Waals surface area contributed by atoms with E-state index in [9.17, 15) is 9.59 Å². The fraction of sp³-hybridized carbons (Fsp3) is 0.700. The van der Waals surface area contributed by atoms with Crippen molar-refractivity contribution < 1.29 is 14.3 Å². The van der Waals surface area contributed by atoms with Gasteiger partial charge in [-0.05, 0) is 51.5 Å². The summed E-state index contributed by atoms with van der Waals surface area (Å²) in [5, 5.41) is 5.87. The number of likely N-dealkylation sites (N-methyl/N-ethyl adjacent to an activating group) is 2. The van der Waals surface area contributed by atoms with Crippen LogP contribution in [0.2, 0.25) is 0 Å². The zero-order valence-corrected chi connectivity index (χ0v) is 17.8. The third kappa shape index (κ3) is 3.99. The number of piperidine rings is 1. The van der Waals surface area contributed by atoms with E-state index >= 15 is 0 Å². The molecule has 7 heteroatoms. The number of hydrazine groups is 1. The van der Waals surface area contributed by atoms with Crippen LogP contribution in [0.3, 0.4) is 0 Å². The average Bonchev–Trinajstić information content (AvgIpc) is 3.14. The molecule has 2 aliphatic rings. The van der Waals surface area contributed by atoms with Gasteiger partial charge in [-0.1, -0.05) is 12.5 Å². The van der Waals surface area contributed by atoms with Crippen molar-refractivity contribution in [2.24, 2.45) is 0 Å². The van der Waals surface area contributed by atoms with Crippen LogP contribution in [0.25, 0.3) is 0 Å². The molecule has 0 aromatic carbocycles. The number of rotatable bonds is 4. The largest absolute Gasteiger partial charge is 0.444 e. The Bertz CT molecular complexity index is 679. The molecule has 1 aliphatic carbocycles. The Balaban J connectivity index is 1.85. The third-order valence-electron chi connectivity index (χ3n) is 5.51. The molecule has 3 rings (SSSR count). The normalized spacial score (nSPS) is 25.7. The molecule has 2 amide bonds. The van der Waals surface area contributed by atoms with Crippen molar-refractivity contribution in [3.8, 4) is 0 Å². The van der Waals surface area contributed by atoms with Gasteiger partial charge < -0.3 is 4.74 Å². The monoisotopic (exact) mass is 393 g/mol. The van der Waals surface area contributed by atoms with Crippen LogP contribution < -0.4 is 0 Å². The van der Waals surface area contributed by atoms with E-state index < -0.39 is 17.2 Å². The van der Waals surface area contributed by atoms with Gasteiger partial charge >= 0.3 is 6.09 Å². The smallest absolute Gasteiger partial charge is 0.410 e. The topological polar surface area (TPSA) is 53.1 Å². The van der Waals surface area contributed by atoms with Crippen LogP contribution in [0.15, 0.2) is 17.5 Å². The summed E-state index contributed by atoms with van der Waals surface area (Å²) in [7, 11) is 3.53. The number of nitrogens with zero attached hydrogens (tertiary/aromatic N) is 3. The van der Waals surface area contributed by atoms with Gasteiger partial charge in [-0.2, -0.15) is 0 Å². The van der Waals surface area contributed by atoms with Crippen LogP contribution in [0.1, 0.15) is 57.2 Å². The quantitative estimate of drug-likeness (QED) is 0.783. The van der Waals surface area contributed by atoms with E-state index in [1.807, 2.05) is 45.3 Å². The van der Waals surface area contributed by atoms with Crippen LogP contribution in [-0.2, 0) is 9.53 Å². The molecule has 1 unspecified atom stereocenters. The molecule has 1 saturated carbocycles. The zero-order valence-electron chi connectivity index (χ0n) is 17.0. The van der Waals surface area contributed by atoms with Crippen molar-refractivity contribution in [3.05, 3.63) is 22.4 Å². The highest BCUT2D eigenvalue weighted by molar-refractivity contribution is 7.10. The predicted molar refractivity (Wildman–Crippen MR) is 107 cm³/mol. The first-order valence-corrected chi connectivity index (χ1v) is 10.6. The average molecular weight is 394 g/mol. The van der Waals surface area contributed by atoms with Crippen molar-refractivity contribution in [1.29, 1.82) is 0 Å². The number of hydrogen-bond acceptors (Lipinski definition) is 5. The first-order valence-electron chi connectivity index (χ1n) is 9.70. The van der Waals surface area contributed by atoms with Crippen LogP contribution in [0, 0.1) is 0 Å². The van der Waals surface area contributed by atoms with Gasteiger partial charge in [-0.3, -0.25) is 14.7 Å². The van der Waals surface area contributed by atoms with Crippen molar-refractivity contribution in [2.45, 2.75) is 63.5 Å². The fourth-order valence-electron chi connectivity index (χ4n) is 3.91. The van der Waals surface area contributed by atoms with Crippen molar-refractivity contribution >= 4 is 23.3 Å². The van der Waals surface area contributed by atoms with Crippen LogP contribution in [-0.4, -0.2) is 65.2 Å². The van der Waals surface area contributed by atoms with Gasteiger partial charge in [0, 0.05) is 38.0 Å². The first kappa shape index (κ1) is 20.1. The molecule has 0 spiro atoms. The highest BCUT2D eigenvalue weighted by Gasteiger charge is 2.67. The van der Waals surface area contributed by atoms with Crippen LogP contribution in [0.4, 0.5) is 4.79 Å². The predicted octanol–water partition coefficient (Wildman–Crippen LogP) is 3.70. The van der Waals surface area contributed by atoms with Crippen LogP contribution >= 0.6 is 11.3 Å². The molecule has 0 bridgehead atoms. The molecular formula is C20H31N3O3S. The molecule has 2 fully saturated rings. The van der Waals surface area contributed by atoms with E-state index in [1.165, 1.54) is 11.3 Å². The summed E-state index contributed by atoms with van der Waals surface area (Å²) >= 11 is 1.64. The third-order valence-corrected chi connectivity index (χ3v) is 6.49. The van der Waals surface area contributed by atoms with Crippen molar-refractivity contribution in [1.82, 2.24) is 14.9 Å². The van der Waals surface area contributed by atoms with E-state index in [1.54, 1.807) is 23.4 Å². The summed E-state index contributed by atoms with van der Waals surface area (Å²) in [6, 6.07) is 4.05. The number of carbonyl (C=O) groups is 2. The lowest BCUT2D eigenvalue weighted by atomic mass is 10.1. The summed E-state index contributed by atoms with van der Waals surface area (Å²) in [5.74, 6) is 0.00548. The van der Waals surface area contributed by atoms with Gasteiger partial charge in [0.15, 0.2) is 0 Å². The van der Waals surface area contributed by atoms with Gasteiger partial charge in [0.05, 0.1) is 0 Å². The second-order valence-corrected chi connectivity index (χ2v) is 9.56. The molecular weight excluding hydrogens is 362 g/mol. The molecule has 2 heterocycles. The summed E-state index contributed by atoms with van der Waals surface area (Å²) in [4.78, 5) is 29.0. The number of amides is 2. The highest BCUT2D eigenvalue weighted by Crippen LogP contribution is 2.57. The minimum absolute atomic E-state index is 0.0174. The van der Waals surface area contributed by atoms with E-state index in [0.717, 1.165) is 30.8 Å². The van der Waals surface area contributed by atoms with Crippen LogP contribution in [0.5, 0.6) is 0 Å². The maximum Gasteiger partial charge on any atom is 0.410 e. The SMILES string of the molecule is CN(C(=O)C1(N(C)C(=O)OC(C)(C)C)C[C@@H]1c1cccs1)N1CCCCC1. The van der Waals surface area contributed by atoms with Crippen molar-refractivity contribution in [3.63, 3.8) is 0 Å². The van der Waals surface area contributed by atoms with Gasteiger partial charge in [0.1, 0.15) is 11.1 Å². The van der Waals surface area contributed by atoms with Crippen molar-refractivity contribution in [2.75, 3.05) is 27.2 Å². The standard InChI is InChI=1S/C20H31N3O3S/c1-19(2,3)26-18(25)21(4)20(14-15(20)16-10-9-13-27-16)17(24)22(5)23-11-7-6-8-12-23/h9-10,13,15H,6-8,11-12,14H2,1-5H3/t15-,20?/m1/s1.